The van der Waals surface area contributed by atoms with Crippen molar-refractivity contribution in [2.24, 2.45) is 0 Å². The first-order chi connectivity index (χ1) is 11.8. The van der Waals surface area contributed by atoms with E-state index in [0.29, 0.717) is 21.8 Å². The second-order valence-electron chi connectivity index (χ2n) is 5.91. The Morgan fingerprint density at radius 1 is 1.20 bits per heavy atom. The first-order valence-electron chi connectivity index (χ1n) is 7.84. The van der Waals surface area contributed by atoms with E-state index in [0.717, 1.165) is 0 Å². The number of hydrogen-bond donors (Lipinski definition) is 1. The molecule has 0 aliphatic heterocycles. The Balaban J connectivity index is 2.02. The minimum atomic E-state index is -0.497. The predicted molar refractivity (Wildman–Crippen MR) is 97.4 cm³/mol. The van der Waals surface area contributed by atoms with Gasteiger partial charge in [-0.1, -0.05) is 17.7 Å². The zero-order valence-electron chi connectivity index (χ0n) is 14.3. The molecular weight excluding hydrogens is 343 g/mol. The predicted octanol–water partition coefficient (Wildman–Crippen LogP) is 4.14. The number of halogens is 2. The van der Waals surface area contributed by atoms with Crippen LogP contribution in [0.2, 0.25) is 5.02 Å². The van der Waals surface area contributed by atoms with Gasteiger partial charge in [0.25, 0.3) is 0 Å². The molecule has 1 amide bonds. The van der Waals surface area contributed by atoms with Crippen molar-refractivity contribution in [2.75, 3.05) is 12.4 Å². The van der Waals surface area contributed by atoms with Crippen molar-refractivity contribution in [1.82, 2.24) is 4.90 Å². The van der Waals surface area contributed by atoms with E-state index >= 15 is 0 Å². The summed E-state index contributed by atoms with van der Waals surface area (Å²) in [6.45, 7) is 3.43. The second kappa shape index (κ2) is 8.23. The van der Waals surface area contributed by atoms with Gasteiger partial charge in [0, 0.05) is 28.4 Å². The highest BCUT2D eigenvalue weighted by molar-refractivity contribution is 6.31. The van der Waals surface area contributed by atoms with Crippen molar-refractivity contribution in [3.8, 4) is 0 Å². The molecule has 6 heteroatoms. The maximum atomic E-state index is 13.9. The van der Waals surface area contributed by atoms with E-state index in [1.807, 2.05) is 0 Å². The monoisotopic (exact) mass is 362 g/mol. The Bertz CT molecular complexity index is 757. The van der Waals surface area contributed by atoms with Crippen LogP contribution in [0.25, 0.3) is 0 Å². The number of anilines is 1. The van der Waals surface area contributed by atoms with Crippen molar-refractivity contribution < 1.29 is 14.0 Å². The van der Waals surface area contributed by atoms with Gasteiger partial charge in [-0.15, -0.1) is 0 Å². The molecule has 2 rings (SSSR count). The zero-order valence-corrected chi connectivity index (χ0v) is 15.1. The molecule has 1 N–H and O–H groups in total. The minimum Gasteiger partial charge on any atom is -0.325 e. The Morgan fingerprint density at radius 2 is 1.84 bits per heavy atom. The molecule has 0 heterocycles. The topological polar surface area (TPSA) is 49.4 Å². The molecule has 0 spiro atoms. The van der Waals surface area contributed by atoms with Crippen molar-refractivity contribution in [3.63, 3.8) is 0 Å². The number of nitrogens with one attached hydrogen (secondary N) is 1. The maximum Gasteiger partial charge on any atom is 0.241 e. The van der Waals surface area contributed by atoms with Gasteiger partial charge in [0.2, 0.25) is 5.91 Å². The number of benzene rings is 2. The van der Waals surface area contributed by atoms with Crippen LogP contribution in [0.5, 0.6) is 0 Å². The van der Waals surface area contributed by atoms with Crippen LogP contribution in [0, 0.1) is 5.82 Å². The van der Waals surface area contributed by atoms with Crippen LogP contribution < -0.4 is 5.32 Å². The molecule has 132 valence electrons. The molecule has 4 nitrogen and oxygen atoms in total. The summed E-state index contributed by atoms with van der Waals surface area (Å²) >= 11 is 6.03. The van der Waals surface area contributed by atoms with Crippen LogP contribution in [-0.2, 0) is 11.3 Å². The normalized spacial score (nSPS) is 12.1. The van der Waals surface area contributed by atoms with E-state index in [1.165, 1.54) is 13.0 Å². The van der Waals surface area contributed by atoms with E-state index in [9.17, 15) is 14.0 Å². The molecule has 0 radical (unpaired) electrons. The summed E-state index contributed by atoms with van der Waals surface area (Å²) in [4.78, 5) is 25.4. The van der Waals surface area contributed by atoms with E-state index in [1.54, 1.807) is 55.3 Å². The van der Waals surface area contributed by atoms with Gasteiger partial charge >= 0.3 is 0 Å². The molecule has 1 atom stereocenters. The zero-order chi connectivity index (χ0) is 18.6. The third-order valence-corrected chi connectivity index (χ3v) is 4.42. The van der Waals surface area contributed by atoms with Gasteiger partial charge in [-0.3, -0.25) is 14.5 Å². The number of likely N-dealkylation sites (N-methyl/N-ethyl adjacent to an activating group) is 1. The van der Waals surface area contributed by atoms with E-state index in [-0.39, 0.29) is 18.2 Å². The van der Waals surface area contributed by atoms with Crippen molar-refractivity contribution in [3.05, 3.63) is 64.4 Å². The smallest absolute Gasteiger partial charge is 0.241 e. The molecular formula is C19H20ClFN2O2. The molecule has 0 saturated heterocycles. The highest BCUT2D eigenvalue weighted by Crippen LogP contribution is 2.21. The Kier molecular flexibility index (Phi) is 6.28. The molecule has 0 aromatic heterocycles. The Morgan fingerprint density at radius 3 is 2.40 bits per heavy atom. The maximum absolute atomic E-state index is 13.9. The van der Waals surface area contributed by atoms with Crippen molar-refractivity contribution >= 4 is 29.0 Å². The fourth-order valence-electron chi connectivity index (χ4n) is 2.30. The van der Waals surface area contributed by atoms with Crippen LogP contribution in [-0.4, -0.2) is 29.7 Å². The highest BCUT2D eigenvalue weighted by atomic mass is 35.5. The third-order valence-electron chi connectivity index (χ3n) is 4.07. The SMILES string of the molecule is CC(=O)c1ccc(NC(=O)[C@H](C)N(C)Cc2c(F)cccc2Cl)cc1. The summed E-state index contributed by atoms with van der Waals surface area (Å²) in [6, 6.07) is 10.7. The number of nitrogens with zero attached hydrogens (tertiary/aromatic N) is 1. The number of ketones is 1. The van der Waals surface area contributed by atoms with Crippen LogP contribution in [0.3, 0.4) is 0 Å². The first-order valence-corrected chi connectivity index (χ1v) is 8.22. The molecule has 0 bridgehead atoms. The van der Waals surface area contributed by atoms with Crippen molar-refractivity contribution in [2.45, 2.75) is 26.4 Å². The molecule has 0 fully saturated rings. The van der Waals surface area contributed by atoms with Gasteiger partial charge in [0.1, 0.15) is 5.82 Å². The fourth-order valence-corrected chi connectivity index (χ4v) is 2.53. The van der Waals surface area contributed by atoms with Crippen molar-refractivity contribution in [1.29, 1.82) is 0 Å². The largest absolute Gasteiger partial charge is 0.325 e. The Labute approximate surface area is 151 Å². The molecule has 0 aliphatic carbocycles. The lowest BCUT2D eigenvalue weighted by atomic mass is 10.1. The Hall–Kier alpha value is -2.24. The quantitative estimate of drug-likeness (QED) is 0.786. The van der Waals surface area contributed by atoms with Gasteiger partial charge in [-0.2, -0.15) is 0 Å². The van der Waals surface area contributed by atoms with Crippen LogP contribution in [0.1, 0.15) is 29.8 Å². The average Bonchev–Trinajstić information content (AvgIpc) is 2.57. The lowest BCUT2D eigenvalue weighted by Gasteiger charge is -2.24. The van der Waals surface area contributed by atoms with E-state index < -0.39 is 11.9 Å². The van der Waals surface area contributed by atoms with Crippen LogP contribution in [0.4, 0.5) is 10.1 Å². The van der Waals surface area contributed by atoms with Gasteiger partial charge in [-0.25, -0.2) is 4.39 Å². The summed E-state index contributed by atoms with van der Waals surface area (Å²) in [5.41, 5.74) is 1.54. The summed E-state index contributed by atoms with van der Waals surface area (Å²) in [6.07, 6.45) is 0. The summed E-state index contributed by atoms with van der Waals surface area (Å²) in [5, 5.41) is 3.12. The van der Waals surface area contributed by atoms with E-state index in [4.69, 9.17) is 11.6 Å². The van der Waals surface area contributed by atoms with E-state index in [2.05, 4.69) is 5.32 Å². The fraction of sp³-hybridized carbons (Fsp3) is 0.263. The molecule has 0 aliphatic rings. The molecule has 25 heavy (non-hydrogen) atoms. The second-order valence-corrected chi connectivity index (χ2v) is 6.32. The molecule has 0 saturated carbocycles. The number of rotatable bonds is 6. The number of Topliss-reactive ketones (excluding diaryl/α,β-unsaturated/α-hetero) is 1. The highest BCUT2D eigenvalue weighted by Gasteiger charge is 2.20. The van der Waals surface area contributed by atoms with Gasteiger partial charge in [0.15, 0.2) is 5.78 Å². The molecule has 2 aromatic carbocycles. The minimum absolute atomic E-state index is 0.0345. The number of amides is 1. The standard InChI is InChI=1S/C19H20ClFN2O2/c1-12(23(3)11-16-17(20)5-4-6-18(16)21)19(25)22-15-9-7-14(8-10-15)13(2)24/h4-10,12H,11H2,1-3H3,(H,22,25)/t12-/m0/s1. The number of hydrogen-bond acceptors (Lipinski definition) is 3. The summed E-state index contributed by atoms with van der Waals surface area (Å²) < 4.78 is 13.9. The molecule has 0 unspecified atom stereocenters. The van der Waals surface area contributed by atoms with Crippen LogP contribution in [0.15, 0.2) is 42.5 Å². The third kappa shape index (κ3) is 4.87. The van der Waals surface area contributed by atoms with Gasteiger partial charge in [-0.05, 0) is 57.3 Å². The molecule has 2 aromatic rings. The first kappa shape index (κ1) is 19.1. The van der Waals surface area contributed by atoms with Crippen LogP contribution >= 0.6 is 11.6 Å². The van der Waals surface area contributed by atoms with Gasteiger partial charge < -0.3 is 5.32 Å². The number of carbonyl (C=O) groups is 2. The summed E-state index contributed by atoms with van der Waals surface area (Å²) in [5.74, 6) is -0.662. The lowest BCUT2D eigenvalue weighted by molar-refractivity contribution is -0.120. The average molecular weight is 363 g/mol. The van der Waals surface area contributed by atoms with Gasteiger partial charge in [0.05, 0.1) is 6.04 Å². The number of carbonyl (C=O) groups excluding carboxylic acids is 2. The summed E-state index contributed by atoms with van der Waals surface area (Å²) in [7, 11) is 1.73. The lowest BCUT2D eigenvalue weighted by Crippen LogP contribution is -2.39.